The summed E-state index contributed by atoms with van der Waals surface area (Å²) in [7, 11) is 0. The van der Waals surface area contributed by atoms with Crippen LogP contribution in [0.4, 0.5) is 0 Å². The molecule has 0 aliphatic carbocycles. The molecule has 0 radical (unpaired) electrons. The summed E-state index contributed by atoms with van der Waals surface area (Å²) in [4.78, 5) is 11.7. The Labute approximate surface area is 120 Å². The fraction of sp³-hybridized carbons (Fsp3) is 0.929. The smallest absolute Gasteiger partial charge is 0.222 e. The summed E-state index contributed by atoms with van der Waals surface area (Å²) in [6.45, 7) is 3.47. The number of thioether (sulfide) groups is 1. The van der Waals surface area contributed by atoms with Gasteiger partial charge in [-0.05, 0) is 44.5 Å². The van der Waals surface area contributed by atoms with Gasteiger partial charge in [0.1, 0.15) is 0 Å². The largest absolute Gasteiger partial charge is 0.378 e. The number of nitrogens with one attached hydrogen (secondary N) is 2. The van der Waals surface area contributed by atoms with Gasteiger partial charge in [-0.15, -0.1) is 0 Å². The Bertz CT molecular complexity index is 264. The van der Waals surface area contributed by atoms with Gasteiger partial charge in [-0.3, -0.25) is 4.79 Å². The molecule has 0 spiro atoms. The minimum atomic E-state index is 0.139. The first kappa shape index (κ1) is 15.1. The molecule has 0 saturated carbocycles. The predicted molar refractivity (Wildman–Crippen MR) is 79.6 cm³/mol. The third kappa shape index (κ3) is 6.15. The van der Waals surface area contributed by atoms with Crippen LogP contribution in [0.25, 0.3) is 0 Å². The topological polar surface area (TPSA) is 50.4 Å². The van der Waals surface area contributed by atoms with Crippen LogP contribution in [0.15, 0.2) is 0 Å². The van der Waals surface area contributed by atoms with Crippen molar-refractivity contribution in [1.82, 2.24) is 10.6 Å². The van der Waals surface area contributed by atoms with Gasteiger partial charge in [0, 0.05) is 18.2 Å². The van der Waals surface area contributed by atoms with E-state index in [0.717, 1.165) is 32.5 Å². The Balaban J connectivity index is 1.49. The Hall–Kier alpha value is -0.260. The van der Waals surface area contributed by atoms with E-state index in [1.54, 1.807) is 0 Å². The number of hydrogen-bond acceptors (Lipinski definition) is 4. The second kappa shape index (κ2) is 8.82. The van der Waals surface area contributed by atoms with Crippen LogP contribution in [0.3, 0.4) is 0 Å². The molecule has 2 aliphatic heterocycles. The molecule has 2 fully saturated rings. The first-order chi connectivity index (χ1) is 9.34. The molecule has 2 heterocycles. The molecular formula is C14H26N2O2S. The highest BCUT2D eigenvalue weighted by Crippen LogP contribution is 2.24. The van der Waals surface area contributed by atoms with Crippen molar-refractivity contribution in [3.05, 3.63) is 0 Å². The zero-order valence-electron chi connectivity index (χ0n) is 11.7. The van der Waals surface area contributed by atoms with E-state index in [0.29, 0.717) is 24.4 Å². The maximum absolute atomic E-state index is 11.7. The molecule has 2 aliphatic rings. The average Bonchev–Trinajstić information content (AvgIpc) is 2.47. The molecule has 19 heavy (non-hydrogen) atoms. The number of ether oxygens (including phenoxy) is 1. The number of rotatable bonds is 6. The minimum Gasteiger partial charge on any atom is -0.378 e. The molecule has 110 valence electrons. The molecule has 1 unspecified atom stereocenters. The van der Waals surface area contributed by atoms with Crippen molar-refractivity contribution in [1.29, 1.82) is 0 Å². The summed E-state index contributed by atoms with van der Waals surface area (Å²) in [5, 5.41) is 6.97. The van der Waals surface area contributed by atoms with Crippen LogP contribution in [0.5, 0.6) is 0 Å². The van der Waals surface area contributed by atoms with E-state index in [2.05, 4.69) is 10.6 Å². The Kier molecular flexibility index (Phi) is 7.03. The lowest BCUT2D eigenvalue weighted by Gasteiger charge is -2.23. The third-order valence-electron chi connectivity index (χ3n) is 3.77. The van der Waals surface area contributed by atoms with Gasteiger partial charge in [0.05, 0.1) is 12.7 Å². The van der Waals surface area contributed by atoms with Gasteiger partial charge in [0.2, 0.25) is 5.91 Å². The van der Waals surface area contributed by atoms with Crippen molar-refractivity contribution < 1.29 is 9.53 Å². The SMILES string of the molecule is O=C(CCOC1CCNCC1)NCC1CCCCS1. The molecule has 5 heteroatoms. The van der Waals surface area contributed by atoms with Crippen LogP contribution < -0.4 is 10.6 Å². The molecule has 2 saturated heterocycles. The fourth-order valence-electron chi connectivity index (χ4n) is 2.56. The monoisotopic (exact) mass is 286 g/mol. The van der Waals surface area contributed by atoms with E-state index in [9.17, 15) is 4.79 Å². The van der Waals surface area contributed by atoms with Crippen LogP contribution in [-0.2, 0) is 9.53 Å². The average molecular weight is 286 g/mol. The van der Waals surface area contributed by atoms with Crippen molar-refractivity contribution in [2.75, 3.05) is 32.0 Å². The summed E-state index contributed by atoms with van der Waals surface area (Å²) in [5.41, 5.74) is 0. The Morgan fingerprint density at radius 1 is 1.26 bits per heavy atom. The maximum atomic E-state index is 11.7. The fourth-order valence-corrected chi connectivity index (χ4v) is 3.80. The van der Waals surface area contributed by atoms with Crippen molar-refractivity contribution in [3.63, 3.8) is 0 Å². The van der Waals surface area contributed by atoms with Gasteiger partial charge in [0.25, 0.3) is 0 Å². The molecule has 4 nitrogen and oxygen atoms in total. The predicted octanol–water partition coefficient (Wildman–Crippen LogP) is 1.55. The van der Waals surface area contributed by atoms with Gasteiger partial charge in [-0.2, -0.15) is 11.8 Å². The molecule has 1 amide bonds. The van der Waals surface area contributed by atoms with E-state index in [1.807, 2.05) is 11.8 Å². The van der Waals surface area contributed by atoms with Gasteiger partial charge in [-0.25, -0.2) is 0 Å². The molecule has 0 aromatic rings. The standard InChI is InChI=1S/C14H26N2O2S/c17-14(16-11-13-3-1-2-10-19-13)6-9-18-12-4-7-15-8-5-12/h12-13,15H,1-11H2,(H,16,17). The van der Waals surface area contributed by atoms with Gasteiger partial charge in [0.15, 0.2) is 0 Å². The summed E-state index contributed by atoms with van der Waals surface area (Å²) >= 11 is 2.00. The lowest BCUT2D eigenvalue weighted by atomic mass is 10.1. The first-order valence-corrected chi connectivity index (χ1v) is 8.60. The number of carbonyl (C=O) groups is 1. The second-order valence-electron chi connectivity index (χ2n) is 5.36. The molecule has 2 N–H and O–H groups in total. The highest BCUT2D eigenvalue weighted by Gasteiger charge is 2.16. The summed E-state index contributed by atoms with van der Waals surface area (Å²) in [6.07, 6.45) is 6.88. The minimum absolute atomic E-state index is 0.139. The number of carbonyl (C=O) groups excluding carboxylic acids is 1. The number of hydrogen-bond donors (Lipinski definition) is 2. The summed E-state index contributed by atoms with van der Waals surface area (Å²) in [5.74, 6) is 1.39. The zero-order valence-corrected chi connectivity index (χ0v) is 12.5. The quantitative estimate of drug-likeness (QED) is 0.778. The number of piperidine rings is 1. The normalized spacial score (nSPS) is 25.2. The summed E-state index contributed by atoms with van der Waals surface area (Å²) in [6, 6.07) is 0. The molecule has 1 atom stereocenters. The van der Waals surface area contributed by atoms with E-state index in [4.69, 9.17) is 4.74 Å². The van der Waals surface area contributed by atoms with Crippen molar-refractivity contribution in [2.24, 2.45) is 0 Å². The Morgan fingerprint density at radius 3 is 2.84 bits per heavy atom. The van der Waals surface area contributed by atoms with Crippen LogP contribution in [-0.4, -0.2) is 49.3 Å². The van der Waals surface area contributed by atoms with Crippen LogP contribution in [0, 0.1) is 0 Å². The molecule has 0 aromatic carbocycles. The first-order valence-electron chi connectivity index (χ1n) is 7.55. The lowest BCUT2D eigenvalue weighted by molar-refractivity contribution is -0.122. The van der Waals surface area contributed by atoms with Crippen LogP contribution >= 0.6 is 11.8 Å². The van der Waals surface area contributed by atoms with Crippen molar-refractivity contribution in [3.8, 4) is 0 Å². The van der Waals surface area contributed by atoms with E-state index in [-0.39, 0.29) is 5.91 Å². The van der Waals surface area contributed by atoms with Gasteiger partial charge in [-0.1, -0.05) is 6.42 Å². The van der Waals surface area contributed by atoms with E-state index in [1.165, 1.54) is 25.0 Å². The highest BCUT2D eigenvalue weighted by atomic mass is 32.2. The molecule has 2 rings (SSSR count). The molecular weight excluding hydrogens is 260 g/mol. The van der Waals surface area contributed by atoms with E-state index < -0.39 is 0 Å². The van der Waals surface area contributed by atoms with Crippen molar-refractivity contribution >= 4 is 17.7 Å². The van der Waals surface area contributed by atoms with Gasteiger partial charge < -0.3 is 15.4 Å². The molecule has 0 bridgehead atoms. The lowest BCUT2D eigenvalue weighted by Crippen LogP contribution is -2.34. The second-order valence-corrected chi connectivity index (χ2v) is 6.77. The molecule has 0 aromatic heterocycles. The highest BCUT2D eigenvalue weighted by molar-refractivity contribution is 7.99. The van der Waals surface area contributed by atoms with Gasteiger partial charge >= 0.3 is 0 Å². The Morgan fingerprint density at radius 2 is 2.11 bits per heavy atom. The maximum Gasteiger partial charge on any atom is 0.222 e. The van der Waals surface area contributed by atoms with Crippen LogP contribution in [0.1, 0.15) is 38.5 Å². The third-order valence-corrected chi connectivity index (χ3v) is 5.17. The van der Waals surface area contributed by atoms with E-state index >= 15 is 0 Å². The van der Waals surface area contributed by atoms with Crippen LogP contribution in [0.2, 0.25) is 0 Å². The summed E-state index contributed by atoms with van der Waals surface area (Å²) < 4.78 is 5.74. The number of amides is 1. The zero-order chi connectivity index (χ0) is 13.3. The van der Waals surface area contributed by atoms with Crippen molar-refractivity contribution in [2.45, 2.75) is 49.9 Å².